The molecule has 0 bridgehead atoms. The Hall–Kier alpha value is -1.44. The molecule has 2 rings (SSSR count). The summed E-state index contributed by atoms with van der Waals surface area (Å²) in [5.74, 6) is 1.64. The summed E-state index contributed by atoms with van der Waals surface area (Å²) < 4.78 is 10.6. The fraction of sp³-hybridized carbons (Fsp3) is 0.429. The van der Waals surface area contributed by atoms with Gasteiger partial charge in [0, 0.05) is 0 Å². The average molecular weight is 218 g/mol. The third-order valence-electron chi connectivity index (χ3n) is 3.01. The maximum absolute atomic E-state index is 5.33. The second-order valence-electron chi connectivity index (χ2n) is 4.05. The van der Waals surface area contributed by atoms with Crippen molar-refractivity contribution in [3.8, 4) is 11.5 Å². The van der Waals surface area contributed by atoms with Crippen LogP contribution in [0.25, 0.3) is 6.08 Å². The fourth-order valence-corrected chi connectivity index (χ4v) is 2.10. The van der Waals surface area contributed by atoms with Gasteiger partial charge in [-0.05, 0) is 48.9 Å². The Labute approximate surface area is 96.9 Å². The molecule has 0 radical (unpaired) electrons. The quantitative estimate of drug-likeness (QED) is 0.757. The van der Waals surface area contributed by atoms with Gasteiger partial charge >= 0.3 is 0 Å². The number of hydrogen-bond acceptors (Lipinski definition) is 2. The number of aryl methyl sites for hydroxylation is 1. The highest BCUT2D eigenvalue weighted by atomic mass is 16.5. The van der Waals surface area contributed by atoms with Crippen molar-refractivity contribution < 1.29 is 9.47 Å². The summed E-state index contributed by atoms with van der Waals surface area (Å²) in [7, 11) is 3.36. The molecule has 16 heavy (non-hydrogen) atoms. The van der Waals surface area contributed by atoms with Gasteiger partial charge in [0.15, 0.2) is 11.5 Å². The van der Waals surface area contributed by atoms with Crippen LogP contribution >= 0.6 is 0 Å². The highest BCUT2D eigenvalue weighted by molar-refractivity contribution is 5.60. The lowest BCUT2D eigenvalue weighted by Gasteiger charge is -2.14. The molecule has 0 aromatic heterocycles. The Bertz CT molecular complexity index is 394. The summed E-state index contributed by atoms with van der Waals surface area (Å²) in [5, 5.41) is 0. The molecule has 2 heteroatoms. The Morgan fingerprint density at radius 1 is 1.00 bits per heavy atom. The van der Waals surface area contributed by atoms with E-state index in [0.717, 1.165) is 17.9 Å². The van der Waals surface area contributed by atoms with Crippen molar-refractivity contribution in [1.82, 2.24) is 0 Å². The number of methoxy groups -OCH3 is 2. The van der Waals surface area contributed by atoms with Gasteiger partial charge < -0.3 is 9.47 Å². The first-order valence-electron chi connectivity index (χ1n) is 5.76. The van der Waals surface area contributed by atoms with Crippen LogP contribution in [-0.2, 0) is 6.42 Å². The number of benzene rings is 1. The zero-order chi connectivity index (χ0) is 11.4. The van der Waals surface area contributed by atoms with Gasteiger partial charge in [-0.1, -0.05) is 12.2 Å². The summed E-state index contributed by atoms with van der Waals surface area (Å²) in [6, 6.07) is 4.17. The lowest BCUT2D eigenvalue weighted by Crippen LogP contribution is -1.97. The maximum atomic E-state index is 5.33. The van der Waals surface area contributed by atoms with Gasteiger partial charge in [0.05, 0.1) is 14.2 Å². The molecule has 0 unspecified atom stereocenters. The second-order valence-corrected chi connectivity index (χ2v) is 4.05. The topological polar surface area (TPSA) is 18.5 Å². The molecule has 0 spiro atoms. The standard InChI is InChI=1S/C14H18O2/c1-15-13-9-11-7-5-3-4-6-8-12(11)10-14(13)16-2/h5,7,9-10H,3-4,6,8H2,1-2H3. The molecule has 1 aromatic carbocycles. The summed E-state index contributed by atoms with van der Waals surface area (Å²) in [6.07, 6.45) is 9.24. The zero-order valence-electron chi connectivity index (χ0n) is 9.95. The Kier molecular flexibility index (Phi) is 3.50. The minimum atomic E-state index is 0.812. The number of fused-ring (bicyclic) bond motifs is 1. The van der Waals surface area contributed by atoms with Gasteiger partial charge in [0.25, 0.3) is 0 Å². The lowest BCUT2D eigenvalue weighted by molar-refractivity contribution is 0.354. The fourth-order valence-electron chi connectivity index (χ4n) is 2.10. The van der Waals surface area contributed by atoms with Crippen LogP contribution in [0.5, 0.6) is 11.5 Å². The first-order valence-corrected chi connectivity index (χ1v) is 5.76. The molecule has 1 aromatic rings. The molecule has 0 amide bonds. The normalized spacial score (nSPS) is 14.9. The number of allylic oxidation sites excluding steroid dienone is 1. The summed E-state index contributed by atoms with van der Waals surface area (Å²) in [6.45, 7) is 0. The van der Waals surface area contributed by atoms with Crippen molar-refractivity contribution in [3.05, 3.63) is 29.3 Å². The monoisotopic (exact) mass is 218 g/mol. The SMILES string of the molecule is COc1cc2c(cc1OC)CCCCC=C2. The lowest BCUT2D eigenvalue weighted by atomic mass is 9.97. The average Bonchev–Trinajstić information content (AvgIpc) is 2.29. The van der Waals surface area contributed by atoms with Crippen molar-refractivity contribution >= 4 is 6.08 Å². The van der Waals surface area contributed by atoms with Crippen molar-refractivity contribution in [2.45, 2.75) is 25.7 Å². The predicted molar refractivity (Wildman–Crippen MR) is 66.1 cm³/mol. The molecule has 0 fully saturated rings. The highest BCUT2D eigenvalue weighted by Crippen LogP contribution is 2.32. The molecule has 0 aliphatic heterocycles. The Morgan fingerprint density at radius 3 is 2.50 bits per heavy atom. The van der Waals surface area contributed by atoms with Gasteiger partial charge in [-0.25, -0.2) is 0 Å². The molecule has 1 aliphatic rings. The van der Waals surface area contributed by atoms with E-state index in [-0.39, 0.29) is 0 Å². The molecule has 0 saturated carbocycles. The Balaban J connectivity index is 2.45. The van der Waals surface area contributed by atoms with Crippen molar-refractivity contribution in [2.24, 2.45) is 0 Å². The zero-order valence-corrected chi connectivity index (χ0v) is 9.95. The van der Waals surface area contributed by atoms with E-state index in [0.29, 0.717) is 0 Å². The minimum Gasteiger partial charge on any atom is -0.493 e. The van der Waals surface area contributed by atoms with E-state index in [4.69, 9.17) is 9.47 Å². The van der Waals surface area contributed by atoms with Crippen LogP contribution in [0.4, 0.5) is 0 Å². The number of rotatable bonds is 2. The van der Waals surface area contributed by atoms with Crippen molar-refractivity contribution in [1.29, 1.82) is 0 Å². The first kappa shape index (κ1) is 11.1. The van der Waals surface area contributed by atoms with E-state index in [9.17, 15) is 0 Å². The second kappa shape index (κ2) is 5.06. The van der Waals surface area contributed by atoms with Gasteiger partial charge in [-0.2, -0.15) is 0 Å². The first-order chi connectivity index (χ1) is 7.85. The number of ether oxygens (including phenoxy) is 2. The summed E-state index contributed by atoms with van der Waals surface area (Å²) in [4.78, 5) is 0. The molecule has 0 N–H and O–H groups in total. The minimum absolute atomic E-state index is 0.812. The van der Waals surface area contributed by atoms with Crippen LogP contribution < -0.4 is 9.47 Å². The van der Waals surface area contributed by atoms with E-state index in [1.54, 1.807) is 14.2 Å². The molecule has 0 heterocycles. The van der Waals surface area contributed by atoms with E-state index in [1.165, 1.54) is 30.4 Å². The van der Waals surface area contributed by atoms with Gasteiger partial charge in [0.1, 0.15) is 0 Å². The third-order valence-corrected chi connectivity index (χ3v) is 3.01. The summed E-state index contributed by atoms with van der Waals surface area (Å²) in [5.41, 5.74) is 2.62. The summed E-state index contributed by atoms with van der Waals surface area (Å²) >= 11 is 0. The molecular weight excluding hydrogens is 200 g/mol. The van der Waals surface area contributed by atoms with Gasteiger partial charge in [-0.3, -0.25) is 0 Å². The predicted octanol–water partition coefficient (Wildman–Crippen LogP) is 3.44. The molecular formula is C14H18O2. The molecule has 1 aliphatic carbocycles. The van der Waals surface area contributed by atoms with E-state index >= 15 is 0 Å². The van der Waals surface area contributed by atoms with Gasteiger partial charge in [0.2, 0.25) is 0 Å². The smallest absolute Gasteiger partial charge is 0.161 e. The van der Waals surface area contributed by atoms with Crippen LogP contribution in [0.3, 0.4) is 0 Å². The van der Waals surface area contributed by atoms with Crippen LogP contribution in [0.2, 0.25) is 0 Å². The number of hydrogen-bond donors (Lipinski definition) is 0. The van der Waals surface area contributed by atoms with Crippen LogP contribution in [-0.4, -0.2) is 14.2 Å². The largest absolute Gasteiger partial charge is 0.493 e. The molecule has 86 valence electrons. The van der Waals surface area contributed by atoms with Crippen LogP contribution in [0, 0.1) is 0 Å². The molecule has 0 saturated heterocycles. The molecule has 0 atom stereocenters. The van der Waals surface area contributed by atoms with Gasteiger partial charge in [-0.15, -0.1) is 0 Å². The van der Waals surface area contributed by atoms with E-state index < -0.39 is 0 Å². The van der Waals surface area contributed by atoms with E-state index in [2.05, 4.69) is 24.3 Å². The van der Waals surface area contributed by atoms with E-state index in [1.807, 2.05) is 0 Å². The van der Waals surface area contributed by atoms with Crippen molar-refractivity contribution in [2.75, 3.05) is 14.2 Å². The Morgan fingerprint density at radius 2 is 1.75 bits per heavy atom. The highest BCUT2D eigenvalue weighted by Gasteiger charge is 2.10. The third kappa shape index (κ3) is 2.21. The maximum Gasteiger partial charge on any atom is 0.161 e. The van der Waals surface area contributed by atoms with Crippen LogP contribution in [0.15, 0.2) is 18.2 Å². The van der Waals surface area contributed by atoms with Crippen LogP contribution in [0.1, 0.15) is 30.4 Å². The van der Waals surface area contributed by atoms with Crippen molar-refractivity contribution in [3.63, 3.8) is 0 Å². The molecule has 2 nitrogen and oxygen atoms in total.